The third kappa shape index (κ3) is 1.82. The van der Waals surface area contributed by atoms with Gasteiger partial charge in [0, 0.05) is 0 Å². The van der Waals surface area contributed by atoms with Crippen LogP contribution in [-0.4, -0.2) is 22.2 Å². The quantitative estimate of drug-likeness (QED) is 0.851. The summed E-state index contributed by atoms with van der Waals surface area (Å²) in [5.41, 5.74) is 1.81. The largest absolute Gasteiger partial charge is 0.478 e. The van der Waals surface area contributed by atoms with Gasteiger partial charge in [-0.15, -0.1) is 0 Å². The highest BCUT2D eigenvalue weighted by Crippen LogP contribution is 2.26. The minimum atomic E-state index is -1.06. The second-order valence-corrected chi connectivity index (χ2v) is 4.24. The second-order valence-electron chi connectivity index (χ2n) is 4.24. The Hall–Kier alpha value is -2.36. The molecule has 0 amide bonds. The Labute approximate surface area is 103 Å². The van der Waals surface area contributed by atoms with Crippen LogP contribution in [0.5, 0.6) is 0 Å². The fourth-order valence-corrected chi connectivity index (χ4v) is 2.05. The maximum absolute atomic E-state index is 11.3. The monoisotopic (exact) mass is 244 g/mol. The lowest BCUT2D eigenvalue weighted by Gasteiger charge is -2.10. The molecule has 0 fully saturated rings. The molecule has 0 aliphatic heterocycles. The zero-order valence-electron chi connectivity index (χ0n) is 10.0. The van der Waals surface area contributed by atoms with Crippen molar-refractivity contribution in [1.82, 2.24) is 0 Å². The number of fused-ring (bicyclic) bond motifs is 1. The van der Waals surface area contributed by atoms with Crippen molar-refractivity contribution in [3.8, 4) is 0 Å². The van der Waals surface area contributed by atoms with Crippen LogP contribution >= 0.6 is 0 Å². The van der Waals surface area contributed by atoms with Gasteiger partial charge in [-0.1, -0.05) is 12.1 Å². The molecule has 0 bridgehead atoms. The summed E-state index contributed by atoms with van der Waals surface area (Å²) in [7, 11) is 0. The fourth-order valence-electron chi connectivity index (χ4n) is 2.05. The number of hydrogen-bond acceptors (Lipinski definition) is 2. The number of carbonyl (C=O) groups is 2. The van der Waals surface area contributed by atoms with E-state index in [1.165, 1.54) is 12.1 Å². The SMILES string of the molecule is Cc1cc2ccc(C(=O)O)cc2c(C(=O)O)c1C. The summed E-state index contributed by atoms with van der Waals surface area (Å²) < 4.78 is 0. The van der Waals surface area contributed by atoms with Gasteiger partial charge in [0.25, 0.3) is 0 Å². The summed E-state index contributed by atoms with van der Waals surface area (Å²) >= 11 is 0. The second kappa shape index (κ2) is 4.14. The Bertz CT molecular complexity index is 671. The Kier molecular flexibility index (Phi) is 2.79. The molecule has 0 radical (unpaired) electrons. The van der Waals surface area contributed by atoms with Crippen molar-refractivity contribution in [3.05, 3.63) is 46.5 Å². The highest BCUT2D eigenvalue weighted by Gasteiger charge is 2.15. The Balaban J connectivity index is 2.91. The molecular weight excluding hydrogens is 232 g/mol. The molecule has 0 aromatic heterocycles. The first-order valence-electron chi connectivity index (χ1n) is 5.42. The van der Waals surface area contributed by atoms with Crippen LogP contribution in [0, 0.1) is 13.8 Å². The number of aromatic carboxylic acids is 2. The molecule has 0 unspecified atom stereocenters. The van der Waals surface area contributed by atoms with Crippen LogP contribution in [-0.2, 0) is 0 Å². The molecule has 0 aliphatic rings. The van der Waals surface area contributed by atoms with Crippen LogP contribution in [0.25, 0.3) is 10.8 Å². The van der Waals surface area contributed by atoms with E-state index in [1.807, 2.05) is 13.0 Å². The Morgan fingerprint density at radius 2 is 1.67 bits per heavy atom. The Morgan fingerprint density at radius 1 is 1.00 bits per heavy atom. The molecule has 2 N–H and O–H groups in total. The van der Waals surface area contributed by atoms with E-state index in [0.29, 0.717) is 10.9 Å². The topological polar surface area (TPSA) is 74.6 Å². The normalized spacial score (nSPS) is 10.6. The lowest BCUT2D eigenvalue weighted by Crippen LogP contribution is -2.04. The molecule has 0 heterocycles. The smallest absolute Gasteiger partial charge is 0.336 e. The van der Waals surface area contributed by atoms with Crippen LogP contribution in [0.4, 0.5) is 0 Å². The maximum atomic E-state index is 11.3. The number of rotatable bonds is 2. The molecule has 0 saturated heterocycles. The summed E-state index contributed by atoms with van der Waals surface area (Å²) in [6.45, 7) is 3.57. The number of carboxylic acid groups (broad SMARTS) is 2. The summed E-state index contributed by atoms with van der Waals surface area (Å²) in [6, 6.07) is 6.39. The molecule has 4 heteroatoms. The van der Waals surface area contributed by atoms with Gasteiger partial charge in [0.1, 0.15) is 0 Å². The molecule has 18 heavy (non-hydrogen) atoms. The lowest BCUT2D eigenvalue weighted by molar-refractivity contribution is 0.0684. The third-order valence-corrected chi connectivity index (χ3v) is 3.12. The van der Waals surface area contributed by atoms with E-state index >= 15 is 0 Å². The zero-order valence-corrected chi connectivity index (χ0v) is 10.0. The van der Waals surface area contributed by atoms with Gasteiger partial charge in [-0.25, -0.2) is 9.59 Å². The van der Waals surface area contributed by atoms with Crippen molar-refractivity contribution in [3.63, 3.8) is 0 Å². The van der Waals surface area contributed by atoms with Crippen molar-refractivity contribution in [1.29, 1.82) is 0 Å². The molecule has 2 aromatic carbocycles. The Morgan fingerprint density at radius 3 is 2.22 bits per heavy atom. The highest BCUT2D eigenvalue weighted by atomic mass is 16.4. The lowest BCUT2D eigenvalue weighted by atomic mass is 9.94. The van der Waals surface area contributed by atoms with Crippen molar-refractivity contribution in [2.75, 3.05) is 0 Å². The third-order valence-electron chi connectivity index (χ3n) is 3.12. The van der Waals surface area contributed by atoms with E-state index in [-0.39, 0.29) is 11.1 Å². The van der Waals surface area contributed by atoms with Gasteiger partial charge in [0.05, 0.1) is 11.1 Å². The van der Waals surface area contributed by atoms with Crippen molar-refractivity contribution in [2.24, 2.45) is 0 Å². The van der Waals surface area contributed by atoms with Crippen LogP contribution in [0.1, 0.15) is 31.8 Å². The minimum Gasteiger partial charge on any atom is -0.478 e. The zero-order chi connectivity index (χ0) is 13.4. The molecule has 0 atom stereocenters. The van der Waals surface area contributed by atoms with Crippen LogP contribution < -0.4 is 0 Å². The molecule has 2 aromatic rings. The minimum absolute atomic E-state index is 0.0910. The highest BCUT2D eigenvalue weighted by molar-refractivity contribution is 6.07. The first-order chi connectivity index (χ1) is 8.41. The van der Waals surface area contributed by atoms with Gasteiger partial charge in [0.15, 0.2) is 0 Å². The van der Waals surface area contributed by atoms with E-state index in [2.05, 4.69) is 0 Å². The molecule has 4 nitrogen and oxygen atoms in total. The first kappa shape index (κ1) is 12.1. The van der Waals surface area contributed by atoms with Crippen LogP contribution in [0.3, 0.4) is 0 Å². The van der Waals surface area contributed by atoms with Gasteiger partial charge >= 0.3 is 11.9 Å². The van der Waals surface area contributed by atoms with Crippen LogP contribution in [0.15, 0.2) is 24.3 Å². The number of benzene rings is 2. The molecule has 92 valence electrons. The van der Waals surface area contributed by atoms with Crippen molar-refractivity contribution >= 4 is 22.7 Å². The summed E-state index contributed by atoms with van der Waals surface area (Å²) in [5, 5.41) is 19.4. The van der Waals surface area contributed by atoms with E-state index < -0.39 is 11.9 Å². The van der Waals surface area contributed by atoms with Crippen LogP contribution in [0.2, 0.25) is 0 Å². The van der Waals surface area contributed by atoms with Crippen molar-refractivity contribution in [2.45, 2.75) is 13.8 Å². The van der Waals surface area contributed by atoms with Gasteiger partial charge in [0.2, 0.25) is 0 Å². The number of hydrogen-bond donors (Lipinski definition) is 2. The van der Waals surface area contributed by atoms with E-state index in [4.69, 9.17) is 5.11 Å². The number of carboxylic acids is 2. The van der Waals surface area contributed by atoms with Gasteiger partial charge in [-0.05, 0) is 47.9 Å². The fraction of sp³-hybridized carbons (Fsp3) is 0.143. The summed E-state index contributed by atoms with van der Waals surface area (Å²) in [4.78, 5) is 22.3. The first-order valence-corrected chi connectivity index (χ1v) is 5.42. The van der Waals surface area contributed by atoms with Gasteiger partial charge in [-0.2, -0.15) is 0 Å². The average Bonchev–Trinajstić information content (AvgIpc) is 2.29. The maximum Gasteiger partial charge on any atom is 0.336 e. The van der Waals surface area contributed by atoms with Gasteiger partial charge in [-0.3, -0.25) is 0 Å². The van der Waals surface area contributed by atoms with Crippen molar-refractivity contribution < 1.29 is 19.8 Å². The summed E-state index contributed by atoms with van der Waals surface area (Å²) in [5.74, 6) is -2.10. The molecule has 0 saturated carbocycles. The van der Waals surface area contributed by atoms with E-state index in [9.17, 15) is 14.7 Å². The predicted molar refractivity (Wildman–Crippen MR) is 67.3 cm³/mol. The van der Waals surface area contributed by atoms with E-state index in [1.54, 1.807) is 13.0 Å². The average molecular weight is 244 g/mol. The van der Waals surface area contributed by atoms with E-state index in [0.717, 1.165) is 10.9 Å². The molecule has 0 spiro atoms. The number of aryl methyl sites for hydroxylation is 1. The molecule has 0 aliphatic carbocycles. The van der Waals surface area contributed by atoms with Gasteiger partial charge < -0.3 is 10.2 Å². The summed E-state index contributed by atoms with van der Waals surface area (Å²) in [6.07, 6.45) is 0. The predicted octanol–water partition coefficient (Wildman–Crippen LogP) is 2.85. The standard InChI is InChI=1S/C14H12O4/c1-7-5-9-3-4-10(13(15)16)6-11(9)12(8(7)2)14(17)18/h3-6H,1-2H3,(H,15,16)(H,17,18). The molecular formula is C14H12O4. The molecule has 2 rings (SSSR count).